The second-order valence-corrected chi connectivity index (χ2v) is 6.30. The highest BCUT2D eigenvalue weighted by Gasteiger charge is 2.47. The number of piperidine rings is 1. The third-order valence-electron chi connectivity index (χ3n) is 4.86. The van der Waals surface area contributed by atoms with E-state index in [-0.39, 0.29) is 0 Å². The van der Waals surface area contributed by atoms with E-state index in [4.69, 9.17) is 0 Å². The number of nitrogens with zero attached hydrogens (tertiary/aromatic N) is 3. The molecule has 1 fully saturated rings. The van der Waals surface area contributed by atoms with Gasteiger partial charge in [0.05, 0.1) is 11.5 Å². The van der Waals surface area contributed by atoms with Crippen LogP contribution in [0.3, 0.4) is 0 Å². The van der Waals surface area contributed by atoms with Gasteiger partial charge in [-0.3, -0.25) is 4.79 Å². The number of aromatic nitrogens is 2. The Morgan fingerprint density at radius 2 is 2.27 bits per heavy atom. The van der Waals surface area contributed by atoms with E-state index in [1.165, 1.54) is 0 Å². The first-order valence-corrected chi connectivity index (χ1v) is 8.11. The van der Waals surface area contributed by atoms with Crippen molar-refractivity contribution in [3.8, 4) is 0 Å². The number of aliphatic hydroxyl groups excluding tert-OH is 1. The number of carboxylic acid groups (broad SMARTS) is 1. The van der Waals surface area contributed by atoms with Gasteiger partial charge in [0.1, 0.15) is 5.82 Å². The average molecular weight is 309 g/mol. The van der Waals surface area contributed by atoms with Crippen molar-refractivity contribution < 1.29 is 15.0 Å². The minimum Gasteiger partial charge on any atom is -0.481 e. The smallest absolute Gasteiger partial charge is 0.312 e. The van der Waals surface area contributed by atoms with E-state index in [0.29, 0.717) is 19.4 Å². The Kier molecular flexibility index (Phi) is 5.58. The van der Waals surface area contributed by atoms with E-state index in [0.717, 1.165) is 38.3 Å². The van der Waals surface area contributed by atoms with Crippen LogP contribution in [-0.4, -0.2) is 56.4 Å². The number of aryl methyl sites for hydroxylation is 2. The summed E-state index contributed by atoms with van der Waals surface area (Å²) in [4.78, 5) is 18.0. The van der Waals surface area contributed by atoms with Gasteiger partial charge in [-0.15, -0.1) is 0 Å². The topological polar surface area (TPSA) is 78.6 Å². The first-order chi connectivity index (χ1) is 10.5. The number of hydrogen-bond acceptors (Lipinski definition) is 4. The molecule has 1 saturated heterocycles. The molecule has 124 valence electrons. The lowest BCUT2D eigenvalue weighted by Gasteiger charge is -2.42. The molecule has 6 heteroatoms. The molecule has 2 atom stereocenters. The van der Waals surface area contributed by atoms with Crippen LogP contribution in [0.5, 0.6) is 0 Å². The Bertz CT molecular complexity index is 503. The number of aliphatic carboxylic acids is 1. The fourth-order valence-corrected chi connectivity index (χ4v) is 3.44. The first-order valence-electron chi connectivity index (χ1n) is 8.11. The summed E-state index contributed by atoms with van der Waals surface area (Å²) in [7, 11) is 0. The molecule has 2 N–H and O–H groups in total. The van der Waals surface area contributed by atoms with Crippen molar-refractivity contribution in [3.05, 3.63) is 18.2 Å². The summed E-state index contributed by atoms with van der Waals surface area (Å²) < 4.78 is 2.11. The third kappa shape index (κ3) is 3.50. The SMILES string of the molecule is CCC[C@]1(C(=O)O)CCN(CCCn2ccnc2C)C[C@@H]1O. The van der Waals surface area contributed by atoms with Gasteiger partial charge in [0.15, 0.2) is 0 Å². The van der Waals surface area contributed by atoms with Crippen LogP contribution in [0.2, 0.25) is 0 Å². The number of rotatable bonds is 7. The van der Waals surface area contributed by atoms with Crippen LogP contribution in [0, 0.1) is 12.3 Å². The molecular formula is C16H27N3O3. The molecule has 0 amide bonds. The van der Waals surface area contributed by atoms with Crippen LogP contribution in [0.1, 0.15) is 38.4 Å². The fourth-order valence-electron chi connectivity index (χ4n) is 3.44. The predicted octanol–water partition coefficient (Wildman–Crippen LogP) is 1.52. The zero-order valence-electron chi connectivity index (χ0n) is 13.5. The van der Waals surface area contributed by atoms with Gasteiger partial charge in [0.2, 0.25) is 0 Å². The van der Waals surface area contributed by atoms with Crippen LogP contribution < -0.4 is 0 Å². The van der Waals surface area contributed by atoms with Crippen molar-refractivity contribution in [1.29, 1.82) is 0 Å². The van der Waals surface area contributed by atoms with E-state index >= 15 is 0 Å². The Labute approximate surface area is 131 Å². The summed E-state index contributed by atoms with van der Waals surface area (Å²) in [6, 6.07) is 0. The van der Waals surface area contributed by atoms with E-state index < -0.39 is 17.5 Å². The predicted molar refractivity (Wildman–Crippen MR) is 83.6 cm³/mol. The molecule has 1 aromatic rings. The molecule has 0 saturated carbocycles. The molecular weight excluding hydrogens is 282 g/mol. The Morgan fingerprint density at radius 1 is 1.50 bits per heavy atom. The van der Waals surface area contributed by atoms with Crippen LogP contribution in [0.25, 0.3) is 0 Å². The molecule has 1 aromatic heterocycles. The summed E-state index contributed by atoms with van der Waals surface area (Å²) in [5.41, 5.74) is -0.952. The van der Waals surface area contributed by atoms with Crippen LogP contribution in [0.15, 0.2) is 12.4 Å². The van der Waals surface area contributed by atoms with Gasteiger partial charge >= 0.3 is 5.97 Å². The lowest BCUT2D eigenvalue weighted by Crippen LogP contribution is -2.54. The van der Waals surface area contributed by atoms with Crippen molar-refractivity contribution in [1.82, 2.24) is 14.5 Å². The van der Waals surface area contributed by atoms with Gasteiger partial charge in [0.25, 0.3) is 0 Å². The lowest BCUT2D eigenvalue weighted by atomic mass is 9.73. The standard InChI is InChI=1S/C16H27N3O3/c1-3-5-16(15(21)22)6-10-18(12-14(16)20)8-4-9-19-11-7-17-13(19)2/h7,11,14,20H,3-6,8-10,12H2,1-2H3,(H,21,22)/t14-,16-/m0/s1. The normalized spacial score (nSPS) is 26.2. The van der Waals surface area contributed by atoms with Gasteiger partial charge in [0, 0.05) is 25.5 Å². The van der Waals surface area contributed by atoms with Crippen molar-refractivity contribution in [2.24, 2.45) is 5.41 Å². The number of imidazole rings is 1. The van der Waals surface area contributed by atoms with Crippen LogP contribution in [0.4, 0.5) is 0 Å². The van der Waals surface area contributed by atoms with Crippen molar-refractivity contribution >= 4 is 5.97 Å². The molecule has 2 rings (SSSR count). The third-order valence-corrected chi connectivity index (χ3v) is 4.86. The molecule has 0 spiro atoms. The van der Waals surface area contributed by atoms with Crippen molar-refractivity contribution in [2.45, 2.75) is 52.2 Å². The lowest BCUT2D eigenvalue weighted by molar-refractivity contribution is -0.163. The highest BCUT2D eigenvalue weighted by molar-refractivity contribution is 5.75. The highest BCUT2D eigenvalue weighted by Crippen LogP contribution is 2.36. The summed E-state index contributed by atoms with van der Waals surface area (Å²) >= 11 is 0. The highest BCUT2D eigenvalue weighted by atomic mass is 16.4. The maximum absolute atomic E-state index is 11.6. The van der Waals surface area contributed by atoms with Gasteiger partial charge in [-0.25, -0.2) is 4.98 Å². The maximum atomic E-state index is 11.6. The quantitative estimate of drug-likeness (QED) is 0.798. The van der Waals surface area contributed by atoms with Gasteiger partial charge in [-0.1, -0.05) is 13.3 Å². The van der Waals surface area contributed by atoms with Crippen molar-refractivity contribution in [3.63, 3.8) is 0 Å². The largest absolute Gasteiger partial charge is 0.481 e. The van der Waals surface area contributed by atoms with Crippen molar-refractivity contribution in [2.75, 3.05) is 19.6 Å². The van der Waals surface area contributed by atoms with E-state index in [1.807, 2.05) is 20.0 Å². The number of β-amino-alcohol motifs (C(OH)–C–C–N with tert-alkyl or cyclic N) is 1. The number of likely N-dealkylation sites (tertiary alicyclic amines) is 1. The summed E-state index contributed by atoms with van der Waals surface area (Å²) in [5, 5.41) is 19.9. The summed E-state index contributed by atoms with van der Waals surface area (Å²) in [6.07, 6.45) is 5.81. The van der Waals surface area contributed by atoms with E-state index in [2.05, 4.69) is 14.5 Å². The molecule has 0 radical (unpaired) electrons. The molecule has 0 aromatic carbocycles. The molecule has 0 aliphatic carbocycles. The number of carbonyl (C=O) groups is 1. The number of aliphatic hydroxyl groups is 1. The van der Waals surface area contributed by atoms with Gasteiger partial charge in [-0.2, -0.15) is 0 Å². The monoisotopic (exact) mass is 309 g/mol. The van der Waals surface area contributed by atoms with E-state index in [1.54, 1.807) is 6.20 Å². The molecule has 0 bridgehead atoms. The van der Waals surface area contributed by atoms with Gasteiger partial charge < -0.3 is 19.7 Å². The second kappa shape index (κ2) is 7.24. The zero-order valence-corrected chi connectivity index (χ0v) is 13.5. The molecule has 1 aliphatic heterocycles. The Balaban J connectivity index is 1.84. The summed E-state index contributed by atoms with van der Waals surface area (Å²) in [6.45, 7) is 6.92. The second-order valence-electron chi connectivity index (χ2n) is 6.30. The number of hydrogen-bond donors (Lipinski definition) is 2. The fraction of sp³-hybridized carbons (Fsp3) is 0.750. The molecule has 6 nitrogen and oxygen atoms in total. The summed E-state index contributed by atoms with van der Waals surface area (Å²) in [5.74, 6) is 0.155. The van der Waals surface area contributed by atoms with Gasteiger partial charge in [-0.05, 0) is 39.3 Å². The Hall–Kier alpha value is -1.40. The zero-order chi connectivity index (χ0) is 16.2. The average Bonchev–Trinajstić information content (AvgIpc) is 2.87. The van der Waals surface area contributed by atoms with Crippen LogP contribution >= 0.6 is 0 Å². The minimum atomic E-state index is -0.952. The van der Waals surface area contributed by atoms with E-state index in [9.17, 15) is 15.0 Å². The molecule has 22 heavy (non-hydrogen) atoms. The molecule has 2 heterocycles. The Morgan fingerprint density at radius 3 is 2.82 bits per heavy atom. The molecule has 1 aliphatic rings. The van der Waals surface area contributed by atoms with Crippen LogP contribution in [-0.2, 0) is 11.3 Å². The number of carboxylic acids is 1. The minimum absolute atomic E-state index is 0.454. The maximum Gasteiger partial charge on any atom is 0.312 e. The molecule has 0 unspecified atom stereocenters. The first kappa shape index (κ1) is 17.0.